The Balaban J connectivity index is 2.19. The van der Waals surface area contributed by atoms with Gasteiger partial charge in [-0.2, -0.15) is 13.2 Å². The van der Waals surface area contributed by atoms with Gasteiger partial charge in [0.25, 0.3) is 0 Å². The molecule has 0 spiro atoms. The number of nitrogens with one attached hydrogen (secondary N) is 1. The predicted molar refractivity (Wildman–Crippen MR) is 68.5 cm³/mol. The van der Waals surface area contributed by atoms with Gasteiger partial charge in [0.15, 0.2) is 0 Å². The molecule has 0 bridgehead atoms. The molecule has 0 amide bonds. The molecular formula is C14H13F3N2O. The molecule has 2 rings (SSSR count). The van der Waals surface area contributed by atoms with E-state index in [4.69, 9.17) is 4.74 Å². The lowest BCUT2D eigenvalue weighted by Gasteiger charge is -2.10. The van der Waals surface area contributed by atoms with Gasteiger partial charge >= 0.3 is 6.18 Å². The highest BCUT2D eigenvalue weighted by molar-refractivity contribution is 5.35. The van der Waals surface area contributed by atoms with Crippen molar-refractivity contribution in [3.05, 3.63) is 53.9 Å². The average Bonchev–Trinajstić information content (AvgIpc) is 2.39. The third-order valence-corrected chi connectivity index (χ3v) is 2.54. The van der Waals surface area contributed by atoms with Crippen molar-refractivity contribution in [1.82, 2.24) is 10.3 Å². The minimum atomic E-state index is -4.38. The maximum absolute atomic E-state index is 12.6. The van der Waals surface area contributed by atoms with Gasteiger partial charge in [-0.3, -0.25) is 4.98 Å². The first-order valence-corrected chi connectivity index (χ1v) is 5.93. The van der Waals surface area contributed by atoms with Crippen LogP contribution < -0.4 is 10.1 Å². The molecule has 106 valence electrons. The van der Waals surface area contributed by atoms with Crippen LogP contribution in [0.15, 0.2) is 42.6 Å². The first-order chi connectivity index (χ1) is 9.49. The summed E-state index contributed by atoms with van der Waals surface area (Å²) in [5, 5.41) is 2.94. The maximum atomic E-state index is 12.6. The van der Waals surface area contributed by atoms with Gasteiger partial charge in [0.1, 0.15) is 11.5 Å². The highest BCUT2D eigenvalue weighted by Crippen LogP contribution is 2.32. The zero-order valence-corrected chi connectivity index (χ0v) is 10.7. The fraction of sp³-hybridized carbons (Fsp3) is 0.214. The van der Waals surface area contributed by atoms with Crippen LogP contribution in [0, 0.1) is 0 Å². The van der Waals surface area contributed by atoms with E-state index >= 15 is 0 Å². The number of pyridine rings is 1. The summed E-state index contributed by atoms with van der Waals surface area (Å²) in [5.41, 5.74) is 0.0106. The summed E-state index contributed by atoms with van der Waals surface area (Å²) < 4.78 is 43.2. The third-order valence-electron chi connectivity index (χ3n) is 2.54. The normalized spacial score (nSPS) is 11.4. The molecule has 1 aromatic heterocycles. The molecule has 0 aliphatic carbocycles. The summed E-state index contributed by atoms with van der Waals surface area (Å²) in [6, 6.07) is 8.04. The van der Waals surface area contributed by atoms with Gasteiger partial charge in [-0.1, -0.05) is 6.07 Å². The molecule has 0 aliphatic rings. The molecule has 0 saturated carbocycles. The van der Waals surface area contributed by atoms with Gasteiger partial charge in [-0.25, -0.2) is 0 Å². The van der Waals surface area contributed by atoms with Crippen LogP contribution in [-0.4, -0.2) is 12.0 Å². The Hall–Kier alpha value is -2.08. The Kier molecular flexibility index (Phi) is 4.24. The molecule has 0 radical (unpaired) electrons. The molecule has 0 fully saturated rings. The fourth-order valence-corrected chi connectivity index (χ4v) is 1.67. The minimum absolute atomic E-state index is 0.140. The Morgan fingerprint density at radius 2 is 1.90 bits per heavy atom. The van der Waals surface area contributed by atoms with Crippen LogP contribution in [0.1, 0.15) is 11.3 Å². The number of aromatic nitrogens is 1. The van der Waals surface area contributed by atoms with Crippen LogP contribution in [0.5, 0.6) is 11.5 Å². The lowest BCUT2D eigenvalue weighted by Crippen LogP contribution is -2.06. The molecule has 2 aromatic rings. The number of halogens is 3. The van der Waals surface area contributed by atoms with Crippen LogP contribution in [0.25, 0.3) is 0 Å². The molecular weight excluding hydrogens is 269 g/mol. The monoisotopic (exact) mass is 282 g/mol. The maximum Gasteiger partial charge on any atom is 0.416 e. The van der Waals surface area contributed by atoms with E-state index in [0.29, 0.717) is 12.3 Å². The van der Waals surface area contributed by atoms with Crippen molar-refractivity contribution in [3.8, 4) is 11.5 Å². The highest BCUT2D eigenvalue weighted by Gasteiger charge is 2.30. The molecule has 1 aromatic carbocycles. The molecule has 0 atom stereocenters. The smallest absolute Gasteiger partial charge is 0.416 e. The fourth-order valence-electron chi connectivity index (χ4n) is 1.67. The first kappa shape index (κ1) is 14.3. The third kappa shape index (κ3) is 3.71. The Labute approximate surface area is 114 Å². The SMILES string of the molecule is CNCc1cc(Oc2cccc(C(F)(F)F)c2)ccn1. The van der Waals surface area contributed by atoms with Crippen LogP contribution in [0.4, 0.5) is 13.2 Å². The van der Waals surface area contributed by atoms with E-state index in [1.165, 1.54) is 12.1 Å². The first-order valence-electron chi connectivity index (χ1n) is 5.93. The molecule has 0 unspecified atom stereocenters. The predicted octanol–water partition coefficient (Wildman–Crippen LogP) is 3.61. The Bertz CT molecular complexity index is 585. The number of alkyl halides is 3. The van der Waals surface area contributed by atoms with Gasteiger partial charge in [-0.05, 0) is 31.3 Å². The molecule has 0 saturated heterocycles. The summed E-state index contributed by atoms with van der Waals surface area (Å²) in [5.74, 6) is 0.589. The summed E-state index contributed by atoms with van der Waals surface area (Å²) in [6.45, 7) is 0.555. The second-order valence-corrected chi connectivity index (χ2v) is 4.14. The lowest BCUT2D eigenvalue weighted by atomic mass is 10.2. The molecule has 1 N–H and O–H groups in total. The number of rotatable bonds is 4. The average molecular weight is 282 g/mol. The molecule has 6 heteroatoms. The molecule has 1 heterocycles. The van der Waals surface area contributed by atoms with Crippen molar-refractivity contribution in [2.75, 3.05) is 7.05 Å². The van der Waals surface area contributed by atoms with Crippen LogP contribution in [-0.2, 0) is 12.7 Å². The van der Waals surface area contributed by atoms with E-state index in [2.05, 4.69) is 10.3 Å². The summed E-state index contributed by atoms with van der Waals surface area (Å²) in [4.78, 5) is 4.11. The van der Waals surface area contributed by atoms with Crippen LogP contribution in [0.3, 0.4) is 0 Å². The molecule has 0 aliphatic heterocycles. The van der Waals surface area contributed by atoms with Gasteiger partial charge in [-0.15, -0.1) is 0 Å². The standard InChI is InChI=1S/C14H13F3N2O/c1-18-9-11-8-13(5-6-19-11)20-12-4-2-3-10(7-12)14(15,16)17/h2-8,18H,9H2,1H3. The Morgan fingerprint density at radius 1 is 1.15 bits per heavy atom. The van der Waals surface area contributed by atoms with Crippen molar-refractivity contribution in [1.29, 1.82) is 0 Å². The number of hydrogen-bond acceptors (Lipinski definition) is 3. The quantitative estimate of drug-likeness (QED) is 0.930. The van der Waals surface area contributed by atoms with Crippen molar-refractivity contribution in [3.63, 3.8) is 0 Å². The summed E-state index contributed by atoms with van der Waals surface area (Å²) in [7, 11) is 1.78. The van der Waals surface area contributed by atoms with Gasteiger partial charge in [0, 0.05) is 18.8 Å². The second kappa shape index (κ2) is 5.92. The van der Waals surface area contributed by atoms with E-state index in [1.807, 2.05) is 0 Å². The van der Waals surface area contributed by atoms with E-state index in [1.54, 1.807) is 25.4 Å². The van der Waals surface area contributed by atoms with E-state index in [9.17, 15) is 13.2 Å². The summed E-state index contributed by atoms with van der Waals surface area (Å²) >= 11 is 0. The summed E-state index contributed by atoms with van der Waals surface area (Å²) in [6.07, 6.45) is -2.83. The second-order valence-electron chi connectivity index (χ2n) is 4.14. The van der Waals surface area contributed by atoms with Gasteiger partial charge in [0.2, 0.25) is 0 Å². The largest absolute Gasteiger partial charge is 0.457 e. The number of hydrogen-bond donors (Lipinski definition) is 1. The Morgan fingerprint density at radius 3 is 2.60 bits per heavy atom. The zero-order chi connectivity index (χ0) is 14.6. The lowest BCUT2D eigenvalue weighted by molar-refractivity contribution is -0.137. The van der Waals surface area contributed by atoms with E-state index in [-0.39, 0.29) is 5.75 Å². The van der Waals surface area contributed by atoms with Crippen LogP contribution >= 0.6 is 0 Å². The van der Waals surface area contributed by atoms with Crippen molar-refractivity contribution >= 4 is 0 Å². The van der Waals surface area contributed by atoms with Crippen molar-refractivity contribution in [2.45, 2.75) is 12.7 Å². The van der Waals surface area contributed by atoms with Crippen LogP contribution in [0.2, 0.25) is 0 Å². The number of benzene rings is 1. The topological polar surface area (TPSA) is 34.1 Å². The number of nitrogens with zero attached hydrogens (tertiary/aromatic N) is 1. The molecule has 3 nitrogen and oxygen atoms in total. The van der Waals surface area contributed by atoms with E-state index < -0.39 is 11.7 Å². The molecule has 20 heavy (non-hydrogen) atoms. The van der Waals surface area contributed by atoms with Gasteiger partial charge in [0.05, 0.1) is 11.3 Å². The van der Waals surface area contributed by atoms with Crippen molar-refractivity contribution in [2.24, 2.45) is 0 Å². The van der Waals surface area contributed by atoms with Gasteiger partial charge < -0.3 is 10.1 Å². The van der Waals surface area contributed by atoms with Crippen molar-refractivity contribution < 1.29 is 17.9 Å². The zero-order valence-electron chi connectivity index (χ0n) is 10.7. The highest BCUT2D eigenvalue weighted by atomic mass is 19.4. The van der Waals surface area contributed by atoms with E-state index in [0.717, 1.165) is 17.8 Å². The number of ether oxygens (including phenoxy) is 1. The minimum Gasteiger partial charge on any atom is -0.457 e.